The molecule has 0 radical (unpaired) electrons. The molecule has 2 aromatic carbocycles. The number of benzene rings is 2. The number of thioether (sulfide) groups is 1. The molecule has 0 atom stereocenters. The molecule has 0 spiro atoms. The largest absolute Gasteiger partial charge is 0.352 e. The monoisotopic (exact) mass is 430 g/mol. The van der Waals surface area contributed by atoms with E-state index in [-0.39, 0.29) is 21.3 Å². The van der Waals surface area contributed by atoms with E-state index in [1.807, 2.05) is 0 Å². The summed E-state index contributed by atoms with van der Waals surface area (Å²) < 4.78 is 38.3. The fraction of sp³-hybridized carbons (Fsp3) is 0.278. The average Bonchev–Trinajstić information content (AvgIpc) is 2.62. The van der Waals surface area contributed by atoms with Crippen molar-refractivity contribution in [2.45, 2.75) is 16.2 Å². The van der Waals surface area contributed by atoms with Crippen molar-refractivity contribution in [3.05, 3.63) is 58.9 Å². The van der Waals surface area contributed by atoms with Crippen molar-refractivity contribution in [1.29, 1.82) is 0 Å². The summed E-state index contributed by atoms with van der Waals surface area (Å²) in [5.41, 5.74) is 0.116. The van der Waals surface area contributed by atoms with Crippen molar-refractivity contribution in [3.8, 4) is 0 Å². The Bertz CT molecular complexity index is 903. The predicted octanol–water partition coefficient (Wildman–Crippen LogP) is 3.64. The molecule has 0 aliphatic rings. The smallest absolute Gasteiger partial charge is 0.252 e. The van der Waals surface area contributed by atoms with E-state index in [4.69, 9.17) is 11.6 Å². The van der Waals surface area contributed by atoms with E-state index in [2.05, 4.69) is 5.32 Å². The van der Waals surface area contributed by atoms with Crippen molar-refractivity contribution >= 4 is 39.3 Å². The van der Waals surface area contributed by atoms with Gasteiger partial charge < -0.3 is 5.32 Å². The fourth-order valence-corrected chi connectivity index (χ4v) is 4.12. The molecular formula is C18H20ClFN2O3S2. The molecule has 146 valence electrons. The van der Waals surface area contributed by atoms with Gasteiger partial charge in [0.25, 0.3) is 5.91 Å². The second-order valence-corrected chi connectivity index (χ2v) is 9.57. The van der Waals surface area contributed by atoms with E-state index < -0.39 is 15.9 Å². The number of sulfonamides is 1. The molecular weight excluding hydrogens is 411 g/mol. The molecule has 0 bridgehead atoms. The first-order valence-corrected chi connectivity index (χ1v) is 10.9. The molecule has 0 saturated heterocycles. The van der Waals surface area contributed by atoms with Crippen LogP contribution in [0.3, 0.4) is 0 Å². The van der Waals surface area contributed by atoms with Crippen LogP contribution in [0.2, 0.25) is 5.02 Å². The van der Waals surface area contributed by atoms with Crippen LogP contribution >= 0.6 is 23.4 Å². The Labute approximate surface area is 168 Å². The number of rotatable bonds is 8. The van der Waals surface area contributed by atoms with Gasteiger partial charge in [-0.2, -0.15) is 0 Å². The van der Waals surface area contributed by atoms with Crippen molar-refractivity contribution in [2.75, 3.05) is 26.4 Å². The molecule has 2 rings (SSSR count). The lowest BCUT2D eigenvalue weighted by Crippen LogP contribution is -2.26. The number of carbonyl (C=O) groups is 1. The van der Waals surface area contributed by atoms with Crippen LogP contribution < -0.4 is 5.32 Å². The van der Waals surface area contributed by atoms with E-state index >= 15 is 0 Å². The number of halogens is 2. The zero-order valence-electron chi connectivity index (χ0n) is 14.9. The molecule has 1 N–H and O–H groups in total. The quantitative estimate of drug-likeness (QED) is 0.513. The Balaban J connectivity index is 1.91. The summed E-state index contributed by atoms with van der Waals surface area (Å²) in [6, 6.07) is 10.3. The van der Waals surface area contributed by atoms with Gasteiger partial charge in [-0.05, 0) is 54.6 Å². The van der Waals surface area contributed by atoms with Crippen LogP contribution in [0.1, 0.15) is 16.8 Å². The maximum Gasteiger partial charge on any atom is 0.252 e. The topological polar surface area (TPSA) is 66.5 Å². The second-order valence-electron chi connectivity index (χ2n) is 5.84. The van der Waals surface area contributed by atoms with Crippen molar-refractivity contribution < 1.29 is 17.6 Å². The molecule has 0 unspecified atom stereocenters. The van der Waals surface area contributed by atoms with Gasteiger partial charge >= 0.3 is 0 Å². The zero-order chi connectivity index (χ0) is 20.0. The first-order chi connectivity index (χ1) is 12.7. The number of hydrogen-bond acceptors (Lipinski definition) is 4. The third kappa shape index (κ3) is 5.93. The minimum absolute atomic E-state index is 0.00825. The van der Waals surface area contributed by atoms with Gasteiger partial charge in [-0.1, -0.05) is 11.6 Å². The van der Waals surface area contributed by atoms with E-state index in [9.17, 15) is 17.6 Å². The zero-order valence-corrected chi connectivity index (χ0v) is 17.3. The number of carbonyl (C=O) groups excluding carboxylic acids is 1. The van der Waals surface area contributed by atoms with Gasteiger partial charge in [0.1, 0.15) is 5.82 Å². The summed E-state index contributed by atoms with van der Waals surface area (Å²) in [4.78, 5) is 13.3. The normalized spacial score (nSPS) is 11.6. The summed E-state index contributed by atoms with van der Waals surface area (Å²) in [6.45, 7) is 0.411. The fourth-order valence-electron chi connectivity index (χ4n) is 2.14. The molecule has 0 aromatic heterocycles. The van der Waals surface area contributed by atoms with Crippen LogP contribution in [-0.2, 0) is 10.0 Å². The molecule has 2 aromatic rings. The van der Waals surface area contributed by atoms with Gasteiger partial charge in [-0.25, -0.2) is 17.1 Å². The van der Waals surface area contributed by atoms with E-state index in [0.29, 0.717) is 13.0 Å². The maximum absolute atomic E-state index is 12.9. The van der Waals surface area contributed by atoms with Crippen LogP contribution in [0.5, 0.6) is 0 Å². The molecule has 0 aliphatic heterocycles. The highest BCUT2D eigenvalue weighted by atomic mass is 35.5. The lowest BCUT2D eigenvalue weighted by Gasteiger charge is -2.13. The van der Waals surface area contributed by atoms with Crippen LogP contribution in [0.4, 0.5) is 4.39 Å². The Kier molecular flexibility index (Phi) is 7.67. The van der Waals surface area contributed by atoms with Crippen molar-refractivity contribution in [3.63, 3.8) is 0 Å². The lowest BCUT2D eigenvalue weighted by atomic mass is 10.2. The van der Waals surface area contributed by atoms with E-state index in [0.717, 1.165) is 15.0 Å². The van der Waals surface area contributed by atoms with Gasteiger partial charge in [-0.15, -0.1) is 11.8 Å². The maximum atomic E-state index is 12.9. The first kappa shape index (κ1) is 21.7. The Morgan fingerprint density at radius 3 is 2.48 bits per heavy atom. The number of hydrogen-bond donors (Lipinski definition) is 1. The molecule has 5 nitrogen and oxygen atoms in total. The SMILES string of the molecule is CN(C)S(=O)(=O)c1ccc(Cl)c(C(=O)NCCCSc2ccc(F)cc2)c1. The Hall–Kier alpha value is -1.61. The number of nitrogens with zero attached hydrogens (tertiary/aromatic N) is 1. The van der Waals surface area contributed by atoms with Gasteiger partial charge in [0, 0.05) is 25.5 Å². The third-order valence-corrected chi connectivity index (χ3v) is 6.89. The van der Waals surface area contributed by atoms with E-state index in [1.165, 1.54) is 44.4 Å². The summed E-state index contributed by atoms with van der Waals surface area (Å²) in [7, 11) is -0.810. The number of nitrogens with one attached hydrogen (secondary N) is 1. The Morgan fingerprint density at radius 1 is 1.19 bits per heavy atom. The highest BCUT2D eigenvalue weighted by molar-refractivity contribution is 7.99. The minimum atomic E-state index is -3.65. The van der Waals surface area contributed by atoms with Crippen molar-refractivity contribution in [2.24, 2.45) is 0 Å². The molecule has 0 aliphatic carbocycles. The minimum Gasteiger partial charge on any atom is -0.352 e. The van der Waals surface area contributed by atoms with E-state index in [1.54, 1.807) is 23.9 Å². The summed E-state index contributed by atoms with van der Waals surface area (Å²) in [5, 5.41) is 2.92. The highest BCUT2D eigenvalue weighted by Crippen LogP contribution is 2.22. The Morgan fingerprint density at radius 2 is 1.85 bits per heavy atom. The first-order valence-electron chi connectivity index (χ1n) is 8.10. The third-order valence-electron chi connectivity index (χ3n) is 3.65. The lowest BCUT2D eigenvalue weighted by molar-refractivity contribution is 0.0953. The van der Waals surface area contributed by atoms with Crippen LogP contribution in [-0.4, -0.2) is 45.0 Å². The molecule has 0 heterocycles. The van der Waals surface area contributed by atoms with Crippen LogP contribution in [0.25, 0.3) is 0 Å². The second kappa shape index (κ2) is 9.54. The molecule has 0 saturated carbocycles. The molecule has 27 heavy (non-hydrogen) atoms. The summed E-state index contributed by atoms with van der Waals surface area (Å²) in [5.74, 6) is 0.0407. The summed E-state index contributed by atoms with van der Waals surface area (Å²) >= 11 is 7.61. The highest BCUT2D eigenvalue weighted by Gasteiger charge is 2.20. The molecule has 9 heteroatoms. The average molecular weight is 431 g/mol. The van der Waals surface area contributed by atoms with Crippen LogP contribution in [0, 0.1) is 5.82 Å². The summed E-state index contributed by atoms with van der Waals surface area (Å²) in [6.07, 6.45) is 0.696. The number of amides is 1. The predicted molar refractivity (Wildman–Crippen MR) is 106 cm³/mol. The standard InChI is InChI=1S/C18H20ClFN2O3S2/c1-22(2)27(24,25)15-8-9-17(19)16(12-15)18(23)21-10-3-11-26-14-6-4-13(20)5-7-14/h4-9,12H,3,10-11H2,1-2H3,(H,21,23). The van der Waals surface area contributed by atoms with Gasteiger partial charge in [0.2, 0.25) is 10.0 Å². The van der Waals surface area contributed by atoms with Gasteiger partial charge in [0.05, 0.1) is 15.5 Å². The van der Waals surface area contributed by atoms with Crippen LogP contribution in [0.15, 0.2) is 52.3 Å². The molecule has 0 fully saturated rings. The van der Waals surface area contributed by atoms with Gasteiger partial charge in [-0.3, -0.25) is 4.79 Å². The van der Waals surface area contributed by atoms with Gasteiger partial charge in [0.15, 0.2) is 0 Å². The van der Waals surface area contributed by atoms with Crippen molar-refractivity contribution in [1.82, 2.24) is 9.62 Å². The molecule has 1 amide bonds.